The van der Waals surface area contributed by atoms with Gasteiger partial charge in [0.05, 0.1) is 17.1 Å². The Labute approximate surface area is 160 Å². The minimum Gasteiger partial charge on any atom is -0.305 e. The zero-order valence-electron chi connectivity index (χ0n) is 14.7. The molecule has 1 N–H and O–H groups in total. The smallest absolute Gasteiger partial charge is 0.275 e. The molecule has 3 aromatic heterocycles. The minimum absolute atomic E-state index is 0.178. The van der Waals surface area contributed by atoms with Gasteiger partial charge in [0.2, 0.25) is 0 Å². The zero-order chi connectivity index (χ0) is 18.4. The van der Waals surface area contributed by atoms with Crippen molar-refractivity contribution in [1.29, 1.82) is 0 Å². The van der Waals surface area contributed by atoms with Crippen LogP contribution < -0.4 is 5.32 Å². The SMILES string of the molecule is Cc1nc2ccccn2c1C(=O)Nc1c2c(nn1-c1ccccc1)CSC2. The van der Waals surface area contributed by atoms with E-state index in [0.29, 0.717) is 11.4 Å². The van der Waals surface area contributed by atoms with Crippen LogP contribution in [0.15, 0.2) is 54.7 Å². The number of nitrogens with one attached hydrogen (secondary N) is 1. The minimum atomic E-state index is -0.178. The standard InChI is InChI=1S/C20H17N5OS/c1-13-18(24-10-6-5-9-17(24)21-13)20(26)22-19-15-11-27-12-16(15)23-25(19)14-7-3-2-4-8-14/h2-10H,11-12H2,1H3,(H,22,26). The molecule has 0 unspecified atom stereocenters. The van der Waals surface area contributed by atoms with E-state index in [9.17, 15) is 4.79 Å². The number of aryl methyl sites for hydroxylation is 1. The number of carbonyl (C=O) groups is 1. The van der Waals surface area contributed by atoms with Gasteiger partial charge in [0.15, 0.2) is 0 Å². The molecule has 0 fully saturated rings. The summed E-state index contributed by atoms with van der Waals surface area (Å²) in [6.07, 6.45) is 1.86. The second kappa shape index (κ2) is 6.28. The summed E-state index contributed by atoms with van der Waals surface area (Å²) in [6.45, 7) is 1.86. The van der Waals surface area contributed by atoms with Gasteiger partial charge in [-0.15, -0.1) is 0 Å². The highest BCUT2D eigenvalue weighted by molar-refractivity contribution is 7.98. The Morgan fingerprint density at radius 1 is 1.11 bits per heavy atom. The second-order valence-corrected chi connectivity index (χ2v) is 7.43. The second-order valence-electron chi connectivity index (χ2n) is 6.44. The van der Waals surface area contributed by atoms with E-state index in [2.05, 4.69) is 10.3 Å². The summed E-state index contributed by atoms with van der Waals surface area (Å²) in [5.41, 5.74) is 5.08. The first-order valence-corrected chi connectivity index (χ1v) is 9.87. The number of hydrogen-bond donors (Lipinski definition) is 1. The van der Waals surface area contributed by atoms with Gasteiger partial charge in [-0.1, -0.05) is 24.3 Å². The van der Waals surface area contributed by atoms with E-state index in [1.807, 2.05) is 82.5 Å². The lowest BCUT2D eigenvalue weighted by Gasteiger charge is -2.11. The third-order valence-corrected chi connectivity index (χ3v) is 5.67. The number of benzene rings is 1. The van der Waals surface area contributed by atoms with Crippen molar-refractivity contribution < 1.29 is 4.79 Å². The first kappa shape index (κ1) is 16.1. The Balaban J connectivity index is 1.59. The van der Waals surface area contributed by atoms with E-state index in [0.717, 1.165) is 39.9 Å². The van der Waals surface area contributed by atoms with Crippen molar-refractivity contribution in [2.75, 3.05) is 5.32 Å². The highest BCUT2D eigenvalue weighted by atomic mass is 32.2. The lowest BCUT2D eigenvalue weighted by atomic mass is 10.2. The monoisotopic (exact) mass is 375 g/mol. The number of amides is 1. The molecule has 0 spiro atoms. The highest BCUT2D eigenvalue weighted by Crippen LogP contribution is 2.36. The van der Waals surface area contributed by atoms with Gasteiger partial charge < -0.3 is 5.32 Å². The Hall–Kier alpha value is -3.06. The first-order chi connectivity index (χ1) is 13.2. The predicted octanol–water partition coefficient (Wildman–Crippen LogP) is 3.83. The quantitative estimate of drug-likeness (QED) is 0.591. The molecule has 0 saturated heterocycles. The fourth-order valence-electron chi connectivity index (χ4n) is 3.45. The number of pyridine rings is 1. The van der Waals surface area contributed by atoms with E-state index in [-0.39, 0.29) is 5.91 Å². The van der Waals surface area contributed by atoms with Crippen LogP contribution in [0.1, 0.15) is 27.4 Å². The van der Waals surface area contributed by atoms with Crippen molar-refractivity contribution in [3.8, 4) is 5.69 Å². The number of anilines is 1. The van der Waals surface area contributed by atoms with E-state index >= 15 is 0 Å². The van der Waals surface area contributed by atoms with Crippen LogP contribution in [0.3, 0.4) is 0 Å². The molecule has 7 heteroatoms. The number of carbonyl (C=O) groups excluding carboxylic acids is 1. The molecule has 5 rings (SSSR count). The van der Waals surface area contributed by atoms with Crippen molar-refractivity contribution in [1.82, 2.24) is 19.2 Å². The van der Waals surface area contributed by atoms with Gasteiger partial charge in [-0.25, -0.2) is 9.67 Å². The number of para-hydroxylation sites is 1. The van der Waals surface area contributed by atoms with Crippen LogP contribution in [-0.4, -0.2) is 25.1 Å². The molecule has 1 aromatic carbocycles. The van der Waals surface area contributed by atoms with Gasteiger partial charge in [0.1, 0.15) is 17.2 Å². The first-order valence-electron chi connectivity index (χ1n) is 8.71. The van der Waals surface area contributed by atoms with Gasteiger partial charge in [0.25, 0.3) is 5.91 Å². The van der Waals surface area contributed by atoms with E-state index in [4.69, 9.17) is 5.10 Å². The maximum Gasteiger partial charge on any atom is 0.275 e. The molecule has 0 radical (unpaired) electrons. The predicted molar refractivity (Wildman–Crippen MR) is 106 cm³/mol. The lowest BCUT2D eigenvalue weighted by molar-refractivity contribution is 0.102. The van der Waals surface area contributed by atoms with E-state index in [1.165, 1.54) is 0 Å². The number of aromatic nitrogens is 4. The Morgan fingerprint density at radius 2 is 1.93 bits per heavy atom. The summed E-state index contributed by atoms with van der Waals surface area (Å²) in [4.78, 5) is 17.7. The fraction of sp³-hybridized carbons (Fsp3) is 0.150. The van der Waals surface area contributed by atoms with Crippen molar-refractivity contribution in [3.05, 3.63) is 77.4 Å². The normalized spacial score (nSPS) is 13.1. The van der Waals surface area contributed by atoms with Crippen LogP contribution in [0, 0.1) is 6.92 Å². The summed E-state index contributed by atoms with van der Waals surface area (Å²) in [6, 6.07) is 15.6. The van der Waals surface area contributed by atoms with E-state index < -0.39 is 0 Å². The molecule has 1 aliphatic rings. The van der Waals surface area contributed by atoms with Gasteiger partial charge in [0, 0.05) is 23.3 Å². The topological polar surface area (TPSA) is 64.2 Å². The Morgan fingerprint density at radius 3 is 2.78 bits per heavy atom. The summed E-state index contributed by atoms with van der Waals surface area (Å²) in [5, 5.41) is 7.85. The summed E-state index contributed by atoms with van der Waals surface area (Å²) in [5.74, 6) is 2.29. The number of imidazole rings is 1. The lowest BCUT2D eigenvalue weighted by Crippen LogP contribution is -2.19. The molecule has 6 nitrogen and oxygen atoms in total. The van der Waals surface area contributed by atoms with Crippen molar-refractivity contribution in [3.63, 3.8) is 0 Å². The van der Waals surface area contributed by atoms with Crippen LogP contribution >= 0.6 is 11.8 Å². The molecule has 0 aliphatic carbocycles. The molecular formula is C20H17N5OS. The molecule has 1 aliphatic heterocycles. The maximum absolute atomic E-state index is 13.2. The third-order valence-electron chi connectivity index (χ3n) is 4.70. The van der Waals surface area contributed by atoms with Gasteiger partial charge in [-0.05, 0) is 31.2 Å². The molecule has 4 aromatic rings. The van der Waals surface area contributed by atoms with Crippen LogP contribution in [0.4, 0.5) is 5.82 Å². The maximum atomic E-state index is 13.2. The molecule has 0 atom stereocenters. The molecule has 134 valence electrons. The Bertz CT molecular complexity index is 1160. The molecular weight excluding hydrogens is 358 g/mol. The van der Waals surface area contributed by atoms with Crippen LogP contribution in [-0.2, 0) is 11.5 Å². The summed E-state index contributed by atoms with van der Waals surface area (Å²) in [7, 11) is 0. The molecule has 0 bridgehead atoms. The largest absolute Gasteiger partial charge is 0.305 e. The van der Waals surface area contributed by atoms with Gasteiger partial charge in [-0.3, -0.25) is 9.20 Å². The summed E-state index contributed by atoms with van der Waals surface area (Å²) >= 11 is 1.81. The fourth-order valence-corrected chi connectivity index (χ4v) is 4.49. The van der Waals surface area contributed by atoms with Crippen molar-refractivity contribution in [2.24, 2.45) is 0 Å². The number of rotatable bonds is 3. The van der Waals surface area contributed by atoms with Crippen LogP contribution in [0.2, 0.25) is 0 Å². The van der Waals surface area contributed by atoms with Crippen molar-refractivity contribution in [2.45, 2.75) is 18.4 Å². The molecule has 27 heavy (non-hydrogen) atoms. The third kappa shape index (κ3) is 2.62. The molecule has 1 amide bonds. The average Bonchev–Trinajstić information content (AvgIpc) is 3.35. The highest BCUT2D eigenvalue weighted by Gasteiger charge is 2.26. The van der Waals surface area contributed by atoms with Gasteiger partial charge >= 0.3 is 0 Å². The number of hydrogen-bond acceptors (Lipinski definition) is 4. The number of fused-ring (bicyclic) bond motifs is 2. The zero-order valence-corrected chi connectivity index (χ0v) is 15.5. The van der Waals surface area contributed by atoms with Crippen LogP contribution in [0.5, 0.6) is 0 Å². The molecule has 0 saturated carbocycles. The summed E-state index contributed by atoms with van der Waals surface area (Å²) < 4.78 is 3.66. The molecule has 4 heterocycles. The van der Waals surface area contributed by atoms with Crippen molar-refractivity contribution >= 4 is 29.1 Å². The van der Waals surface area contributed by atoms with Gasteiger partial charge in [-0.2, -0.15) is 16.9 Å². The number of nitrogens with zero attached hydrogens (tertiary/aromatic N) is 4. The van der Waals surface area contributed by atoms with Crippen LogP contribution in [0.25, 0.3) is 11.3 Å². The average molecular weight is 375 g/mol. The number of thioether (sulfide) groups is 1. The van der Waals surface area contributed by atoms with E-state index in [1.54, 1.807) is 0 Å². The Kier molecular flexibility index (Phi) is 3.75.